The Labute approximate surface area is 204 Å². The van der Waals surface area contributed by atoms with Crippen molar-refractivity contribution in [2.75, 3.05) is 62.8 Å². The SMILES string of the molecule is C[C@]1(N2CCN(c3cc4cc(NC(=O)C5CC56CCOC6)ncc4cc3Cl)CC2)COC[C@H]1O. The standard InChI is InChI=1S/C25H31ClN4O4/c1-24(14-34-13-21(24)31)30-5-3-29(4-6-30)20-9-16-10-22(27-12-17(16)8-19(20)26)28-23(32)18-11-25(18)2-7-33-15-25/h8-10,12,18,21,31H,2-7,11,13-15H2,1H3,(H,27,28,32)/t18?,21-,24+,25?/m1/s1. The molecule has 1 spiro atoms. The van der Waals surface area contributed by atoms with Crippen LogP contribution in [0, 0.1) is 11.3 Å². The van der Waals surface area contributed by atoms with Gasteiger partial charge in [-0.3, -0.25) is 9.69 Å². The first-order valence-electron chi connectivity index (χ1n) is 12.1. The number of benzene rings is 1. The molecule has 2 N–H and O–H groups in total. The van der Waals surface area contributed by atoms with Gasteiger partial charge in [-0.05, 0) is 43.4 Å². The van der Waals surface area contributed by atoms with E-state index in [0.717, 1.165) is 62.1 Å². The first kappa shape index (κ1) is 22.5. The summed E-state index contributed by atoms with van der Waals surface area (Å²) in [6, 6.07) is 5.96. The summed E-state index contributed by atoms with van der Waals surface area (Å²) in [5.41, 5.74) is 0.708. The van der Waals surface area contributed by atoms with Crippen LogP contribution in [0.3, 0.4) is 0 Å². The van der Waals surface area contributed by atoms with Crippen molar-refractivity contribution in [3.8, 4) is 0 Å². The van der Waals surface area contributed by atoms with Gasteiger partial charge in [0.15, 0.2) is 0 Å². The number of pyridine rings is 1. The number of rotatable bonds is 4. The summed E-state index contributed by atoms with van der Waals surface area (Å²) in [6.07, 6.45) is 3.18. The van der Waals surface area contributed by atoms with Crippen LogP contribution in [0.15, 0.2) is 24.4 Å². The number of piperazine rings is 1. The van der Waals surface area contributed by atoms with Crippen LogP contribution in [0.5, 0.6) is 0 Å². The number of aromatic nitrogens is 1. The van der Waals surface area contributed by atoms with Gasteiger partial charge in [0.05, 0.1) is 42.2 Å². The van der Waals surface area contributed by atoms with Crippen LogP contribution in [0.4, 0.5) is 11.5 Å². The minimum atomic E-state index is -0.462. The van der Waals surface area contributed by atoms with E-state index in [1.165, 1.54) is 0 Å². The number of hydrogen-bond acceptors (Lipinski definition) is 7. The Hall–Kier alpha value is -1.97. The van der Waals surface area contributed by atoms with E-state index < -0.39 is 6.10 Å². The van der Waals surface area contributed by atoms with Crippen molar-refractivity contribution in [2.24, 2.45) is 11.3 Å². The number of carbonyl (C=O) groups is 1. The van der Waals surface area contributed by atoms with Crippen molar-refractivity contribution >= 4 is 39.8 Å². The van der Waals surface area contributed by atoms with Crippen LogP contribution in [0.1, 0.15) is 19.8 Å². The van der Waals surface area contributed by atoms with E-state index in [2.05, 4.69) is 33.1 Å². The van der Waals surface area contributed by atoms with E-state index >= 15 is 0 Å². The molecule has 8 nitrogen and oxygen atoms in total. The normalized spacial score (nSPS) is 33.7. The maximum Gasteiger partial charge on any atom is 0.229 e. The van der Waals surface area contributed by atoms with Crippen molar-refractivity contribution in [1.29, 1.82) is 0 Å². The molecule has 2 aromatic rings. The summed E-state index contributed by atoms with van der Waals surface area (Å²) in [5.74, 6) is 0.629. The number of aliphatic hydroxyl groups excluding tert-OH is 1. The molecule has 4 aliphatic rings. The van der Waals surface area contributed by atoms with Gasteiger partial charge in [-0.15, -0.1) is 0 Å². The second kappa shape index (κ2) is 8.31. The number of halogens is 1. The second-order valence-electron chi connectivity index (χ2n) is 10.5. The summed E-state index contributed by atoms with van der Waals surface area (Å²) in [7, 11) is 0. The Balaban J connectivity index is 1.16. The van der Waals surface area contributed by atoms with E-state index in [-0.39, 0.29) is 22.8 Å². The van der Waals surface area contributed by atoms with Gasteiger partial charge in [0, 0.05) is 55.7 Å². The average Bonchev–Trinajstić information content (AvgIpc) is 3.14. The minimum absolute atomic E-state index is 0.0233. The fraction of sp³-hybridized carbons (Fsp3) is 0.600. The molecule has 1 saturated carbocycles. The quantitative estimate of drug-likeness (QED) is 0.686. The number of ether oxygens (including phenoxy) is 2. The van der Waals surface area contributed by atoms with Crippen molar-refractivity contribution in [1.82, 2.24) is 9.88 Å². The van der Waals surface area contributed by atoms with Crippen LogP contribution in [0.2, 0.25) is 5.02 Å². The Kier molecular flexibility index (Phi) is 5.50. The molecule has 1 aromatic carbocycles. The van der Waals surface area contributed by atoms with Crippen LogP contribution >= 0.6 is 11.6 Å². The first-order chi connectivity index (χ1) is 16.4. The average molecular weight is 487 g/mol. The Morgan fingerprint density at radius 2 is 2.00 bits per heavy atom. The first-order valence-corrected chi connectivity index (χ1v) is 12.5. The minimum Gasteiger partial charge on any atom is -0.389 e. The fourth-order valence-corrected chi connectivity index (χ4v) is 6.16. The summed E-state index contributed by atoms with van der Waals surface area (Å²) >= 11 is 6.67. The predicted molar refractivity (Wildman–Crippen MR) is 130 cm³/mol. The van der Waals surface area contributed by atoms with E-state index in [4.69, 9.17) is 21.1 Å². The van der Waals surface area contributed by atoms with Crippen LogP contribution in [-0.4, -0.2) is 85.1 Å². The highest BCUT2D eigenvalue weighted by Gasteiger charge is 2.59. The highest BCUT2D eigenvalue weighted by atomic mass is 35.5. The molecule has 6 rings (SSSR count). The second-order valence-corrected chi connectivity index (χ2v) is 10.9. The molecule has 4 atom stereocenters. The van der Waals surface area contributed by atoms with Crippen molar-refractivity contribution in [2.45, 2.75) is 31.4 Å². The largest absolute Gasteiger partial charge is 0.389 e. The fourth-order valence-electron chi connectivity index (χ4n) is 5.87. The molecule has 34 heavy (non-hydrogen) atoms. The van der Waals surface area contributed by atoms with Crippen molar-refractivity contribution < 1.29 is 19.4 Å². The monoisotopic (exact) mass is 486 g/mol. The van der Waals surface area contributed by atoms with Gasteiger partial charge in [-0.1, -0.05) is 11.6 Å². The topological polar surface area (TPSA) is 87.2 Å². The third-order valence-electron chi connectivity index (χ3n) is 8.41. The third-order valence-corrected chi connectivity index (χ3v) is 8.71. The van der Waals surface area contributed by atoms with E-state index in [9.17, 15) is 9.90 Å². The Morgan fingerprint density at radius 3 is 2.71 bits per heavy atom. The van der Waals surface area contributed by atoms with E-state index in [0.29, 0.717) is 30.7 Å². The van der Waals surface area contributed by atoms with Crippen LogP contribution in [-0.2, 0) is 14.3 Å². The summed E-state index contributed by atoms with van der Waals surface area (Å²) in [6.45, 7) is 7.76. The van der Waals surface area contributed by atoms with Crippen LogP contribution < -0.4 is 10.2 Å². The number of hydrogen-bond donors (Lipinski definition) is 2. The predicted octanol–water partition coefficient (Wildman–Crippen LogP) is 2.53. The summed E-state index contributed by atoms with van der Waals surface area (Å²) in [4.78, 5) is 21.8. The lowest BCUT2D eigenvalue weighted by atomic mass is 9.95. The zero-order valence-electron chi connectivity index (χ0n) is 19.4. The molecule has 0 radical (unpaired) electrons. The van der Waals surface area contributed by atoms with E-state index in [1.807, 2.05) is 12.1 Å². The highest BCUT2D eigenvalue weighted by molar-refractivity contribution is 6.34. The smallest absolute Gasteiger partial charge is 0.229 e. The van der Waals surface area contributed by atoms with Crippen molar-refractivity contribution in [3.05, 3.63) is 29.4 Å². The van der Waals surface area contributed by atoms with Gasteiger partial charge < -0.3 is 24.8 Å². The molecule has 3 saturated heterocycles. The number of anilines is 2. The van der Waals surface area contributed by atoms with Crippen LogP contribution in [0.25, 0.3) is 10.8 Å². The van der Waals surface area contributed by atoms with E-state index in [1.54, 1.807) is 6.20 Å². The molecule has 3 aliphatic heterocycles. The lowest BCUT2D eigenvalue weighted by Crippen LogP contribution is -2.60. The Bertz CT molecular complexity index is 1120. The number of nitrogens with one attached hydrogen (secondary N) is 1. The molecule has 4 fully saturated rings. The number of fused-ring (bicyclic) bond motifs is 1. The molecular formula is C25H31ClN4O4. The molecule has 182 valence electrons. The lowest BCUT2D eigenvalue weighted by molar-refractivity contribution is -0.118. The number of carbonyl (C=O) groups excluding carboxylic acids is 1. The Morgan fingerprint density at radius 1 is 1.18 bits per heavy atom. The molecule has 4 heterocycles. The molecule has 9 heteroatoms. The summed E-state index contributed by atoms with van der Waals surface area (Å²) < 4.78 is 11.0. The number of nitrogens with zero attached hydrogens (tertiary/aromatic N) is 3. The lowest BCUT2D eigenvalue weighted by Gasteiger charge is -2.45. The van der Waals surface area contributed by atoms with Gasteiger partial charge in [-0.2, -0.15) is 0 Å². The molecule has 0 bridgehead atoms. The highest BCUT2D eigenvalue weighted by Crippen LogP contribution is 2.58. The maximum absolute atomic E-state index is 12.8. The molecule has 1 amide bonds. The van der Waals surface area contributed by atoms with Crippen molar-refractivity contribution in [3.63, 3.8) is 0 Å². The molecular weight excluding hydrogens is 456 g/mol. The summed E-state index contributed by atoms with van der Waals surface area (Å²) in [5, 5.41) is 16.0. The van der Waals surface area contributed by atoms with Gasteiger partial charge in [0.1, 0.15) is 5.82 Å². The molecule has 2 unspecified atom stereocenters. The zero-order valence-corrected chi connectivity index (χ0v) is 20.2. The van der Waals surface area contributed by atoms with Gasteiger partial charge >= 0.3 is 0 Å². The van der Waals surface area contributed by atoms with Gasteiger partial charge in [0.2, 0.25) is 5.91 Å². The molecule has 1 aromatic heterocycles. The van der Waals surface area contributed by atoms with Gasteiger partial charge in [0.25, 0.3) is 0 Å². The van der Waals surface area contributed by atoms with Gasteiger partial charge in [-0.25, -0.2) is 4.98 Å². The molecule has 1 aliphatic carbocycles. The zero-order chi connectivity index (χ0) is 23.5. The third kappa shape index (κ3) is 3.76. The number of aliphatic hydroxyl groups is 1. The maximum atomic E-state index is 12.8. The number of amides is 1.